The van der Waals surface area contributed by atoms with E-state index in [1.165, 1.54) is 4.90 Å². The zero-order valence-corrected chi connectivity index (χ0v) is 17.7. The van der Waals surface area contributed by atoms with Crippen LogP contribution in [0.1, 0.15) is 45.6 Å². The summed E-state index contributed by atoms with van der Waals surface area (Å²) in [5, 5.41) is 25.6. The number of fused-ring (bicyclic) bond motifs is 3. The molecule has 0 unspecified atom stereocenters. The molecule has 0 aromatic heterocycles. The second-order valence-electron chi connectivity index (χ2n) is 9.68. The maximum Gasteiger partial charge on any atom is 0.233 e. The highest BCUT2D eigenvalue weighted by atomic mass is 16.6. The monoisotopic (exact) mass is 414 g/mol. The van der Waals surface area contributed by atoms with Crippen molar-refractivity contribution in [3.63, 3.8) is 0 Å². The van der Waals surface area contributed by atoms with Gasteiger partial charge in [-0.1, -0.05) is 35.5 Å². The number of likely N-dealkylation sites (tertiary alicyclic amines) is 1. The van der Waals surface area contributed by atoms with E-state index in [0.717, 1.165) is 5.56 Å². The second-order valence-corrected chi connectivity index (χ2v) is 9.68. The first-order valence-electron chi connectivity index (χ1n) is 10.7. The standard InChI is InChI=1S/C23H30N2O5/c1-23(2,3)25-21(28)15-10-9-14-16(24-30-12-13-7-5-4-6-8-13)11-17(26)20(27)18(14)19(15)22(25)29/h4-8,14-15,17-20,26-27H,9-12H2,1-3H3/b24-16+/t14-,15-,17-,18+,19-,20-/m1/s1. The fraction of sp³-hybridized carbons (Fsp3) is 0.609. The molecular formula is C23H30N2O5. The van der Waals surface area contributed by atoms with E-state index < -0.39 is 35.5 Å². The Morgan fingerprint density at radius 3 is 2.40 bits per heavy atom. The summed E-state index contributed by atoms with van der Waals surface area (Å²) >= 11 is 0. The number of benzene rings is 1. The van der Waals surface area contributed by atoms with E-state index in [1.54, 1.807) is 0 Å². The first-order chi connectivity index (χ1) is 14.2. The van der Waals surface area contributed by atoms with Gasteiger partial charge in [0, 0.05) is 23.8 Å². The number of amides is 2. The van der Waals surface area contributed by atoms with Gasteiger partial charge in [-0.3, -0.25) is 14.5 Å². The highest BCUT2D eigenvalue weighted by molar-refractivity contribution is 6.06. The molecule has 2 N–H and O–H groups in total. The van der Waals surface area contributed by atoms with Crippen LogP contribution < -0.4 is 0 Å². The number of nitrogens with zero attached hydrogens (tertiary/aromatic N) is 2. The zero-order valence-electron chi connectivity index (χ0n) is 17.7. The topological polar surface area (TPSA) is 99.4 Å². The maximum absolute atomic E-state index is 13.3. The Morgan fingerprint density at radius 1 is 1.07 bits per heavy atom. The summed E-state index contributed by atoms with van der Waals surface area (Å²) in [6.45, 7) is 5.83. The van der Waals surface area contributed by atoms with E-state index in [0.29, 0.717) is 25.2 Å². The van der Waals surface area contributed by atoms with Crippen molar-refractivity contribution in [2.24, 2.45) is 28.8 Å². The van der Waals surface area contributed by atoms with Gasteiger partial charge in [-0.25, -0.2) is 0 Å². The zero-order chi connectivity index (χ0) is 21.6. The van der Waals surface area contributed by atoms with Crippen LogP contribution in [-0.2, 0) is 21.0 Å². The smallest absolute Gasteiger partial charge is 0.233 e. The highest BCUT2D eigenvalue weighted by Crippen LogP contribution is 2.50. The van der Waals surface area contributed by atoms with E-state index in [2.05, 4.69) is 5.16 Å². The van der Waals surface area contributed by atoms with Gasteiger partial charge in [-0.15, -0.1) is 0 Å². The van der Waals surface area contributed by atoms with Crippen molar-refractivity contribution < 1.29 is 24.6 Å². The molecule has 7 heteroatoms. The summed E-state index contributed by atoms with van der Waals surface area (Å²) in [5.74, 6) is -2.19. The molecular weight excluding hydrogens is 384 g/mol. The minimum atomic E-state index is -1.06. The van der Waals surface area contributed by atoms with E-state index in [-0.39, 0.29) is 24.2 Å². The molecule has 7 nitrogen and oxygen atoms in total. The van der Waals surface area contributed by atoms with Gasteiger partial charge in [0.2, 0.25) is 11.8 Å². The molecule has 2 saturated carbocycles. The fourth-order valence-electron chi connectivity index (χ4n) is 5.40. The van der Waals surface area contributed by atoms with Gasteiger partial charge in [-0.2, -0.15) is 0 Å². The molecule has 30 heavy (non-hydrogen) atoms. The van der Waals surface area contributed by atoms with E-state index in [4.69, 9.17) is 4.84 Å². The lowest BCUT2D eigenvalue weighted by Crippen LogP contribution is -2.55. The molecule has 1 aromatic carbocycles. The van der Waals surface area contributed by atoms with Crippen LogP contribution in [0.3, 0.4) is 0 Å². The number of carbonyl (C=O) groups excluding carboxylic acids is 2. The molecule has 2 amide bonds. The van der Waals surface area contributed by atoms with Crippen molar-refractivity contribution in [2.45, 2.75) is 64.4 Å². The summed E-state index contributed by atoms with van der Waals surface area (Å²) in [7, 11) is 0. The Balaban J connectivity index is 1.59. The van der Waals surface area contributed by atoms with Crippen LogP contribution in [-0.4, -0.2) is 50.4 Å². The summed E-state index contributed by atoms with van der Waals surface area (Å²) in [6, 6.07) is 9.66. The van der Waals surface area contributed by atoms with Gasteiger partial charge in [0.15, 0.2) is 0 Å². The molecule has 0 spiro atoms. The molecule has 1 aromatic rings. The Kier molecular flexibility index (Phi) is 5.45. The van der Waals surface area contributed by atoms with Gasteiger partial charge < -0.3 is 15.1 Å². The van der Waals surface area contributed by atoms with Crippen LogP contribution in [0.25, 0.3) is 0 Å². The van der Waals surface area contributed by atoms with Gasteiger partial charge in [0.05, 0.1) is 29.8 Å². The molecule has 1 saturated heterocycles. The Morgan fingerprint density at radius 2 is 1.73 bits per heavy atom. The molecule has 0 radical (unpaired) electrons. The summed E-state index contributed by atoms with van der Waals surface area (Å²) in [5.41, 5.74) is 1.03. The van der Waals surface area contributed by atoms with Crippen molar-refractivity contribution in [1.29, 1.82) is 0 Å². The Bertz CT molecular complexity index is 847. The summed E-state index contributed by atoms with van der Waals surface area (Å²) in [4.78, 5) is 33.1. The molecule has 4 rings (SSSR count). The van der Waals surface area contributed by atoms with Crippen molar-refractivity contribution in [3.05, 3.63) is 35.9 Å². The lowest BCUT2D eigenvalue weighted by molar-refractivity contribution is -0.146. The minimum absolute atomic E-state index is 0.165. The molecule has 3 aliphatic rings. The van der Waals surface area contributed by atoms with Crippen molar-refractivity contribution in [3.8, 4) is 0 Å². The maximum atomic E-state index is 13.3. The van der Waals surface area contributed by atoms with Crippen LogP contribution in [0.15, 0.2) is 35.5 Å². The fourth-order valence-corrected chi connectivity index (χ4v) is 5.40. The number of imide groups is 1. The predicted molar refractivity (Wildman–Crippen MR) is 110 cm³/mol. The number of rotatable bonds is 3. The van der Waals surface area contributed by atoms with Crippen molar-refractivity contribution >= 4 is 17.5 Å². The van der Waals surface area contributed by atoms with Gasteiger partial charge in [0.1, 0.15) is 6.61 Å². The third-order valence-corrected chi connectivity index (χ3v) is 6.71. The number of hydrogen-bond donors (Lipinski definition) is 2. The number of hydrogen-bond acceptors (Lipinski definition) is 6. The first-order valence-corrected chi connectivity index (χ1v) is 10.7. The molecule has 1 aliphatic heterocycles. The normalized spacial score (nSPS) is 35.4. The Labute approximate surface area is 176 Å². The molecule has 0 bridgehead atoms. The SMILES string of the molecule is CC(C)(C)N1C(=O)[C@H]2[C@H]3[C@H](O)[C@H](O)C/C(=N\OCc4ccccc4)[C@H]3CC[C@H]2C1=O. The molecule has 2 aliphatic carbocycles. The van der Waals surface area contributed by atoms with Gasteiger partial charge >= 0.3 is 0 Å². The lowest BCUT2D eigenvalue weighted by Gasteiger charge is -2.45. The van der Waals surface area contributed by atoms with Crippen LogP contribution in [0.2, 0.25) is 0 Å². The van der Waals surface area contributed by atoms with E-state index in [1.807, 2.05) is 51.1 Å². The van der Waals surface area contributed by atoms with Crippen molar-refractivity contribution in [1.82, 2.24) is 4.90 Å². The molecule has 6 atom stereocenters. The van der Waals surface area contributed by atoms with Crippen LogP contribution in [0.5, 0.6) is 0 Å². The van der Waals surface area contributed by atoms with Gasteiger partial charge in [0.25, 0.3) is 0 Å². The van der Waals surface area contributed by atoms with Gasteiger partial charge in [-0.05, 0) is 39.2 Å². The van der Waals surface area contributed by atoms with E-state index >= 15 is 0 Å². The Hall–Kier alpha value is -2.25. The number of aliphatic hydroxyl groups is 2. The lowest BCUT2D eigenvalue weighted by atomic mass is 9.60. The highest BCUT2D eigenvalue weighted by Gasteiger charge is 2.61. The average Bonchev–Trinajstić information content (AvgIpc) is 2.96. The number of oxime groups is 1. The van der Waals surface area contributed by atoms with Crippen LogP contribution >= 0.6 is 0 Å². The van der Waals surface area contributed by atoms with Crippen molar-refractivity contribution in [2.75, 3.05) is 0 Å². The van der Waals surface area contributed by atoms with Crippen LogP contribution in [0, 0.1) is 23.7 Å². The quantitative estimate of drug-likeness (QED) is 0.583. The van der Waals surface area contributed by atoms with E-state index in [9.17, 15) is 19.8 Å². The molecule has 162 valence electrons. The molecule has 3 fully saturated rings. The number of aliphatic hydroxyl groups excluding tert-OH is 2. The second kappa shape index (κ2) is 7.78. The third kappa shape index (κ3) is 3.54. The summed E-state index contributed by atoms with van der Waals surface area (Å²) in [6.07, 6.45) is -0.674. The summed E-state index contributed by atoms with van der Waals surface area (Å²) < 4.78 is 0. The number of carbonyl (C=O) groups is 2. The average molecular weight is 415 g/mol. The largest absolute Gasteiger partial charge is 0.391 e. The third-order valence-electron chi connectivity index (χ3n) is 6.71. The minimum Gasteiger partial charge on any atom is -0.391 e. The first kappa shape index (κ1) is 21.0. The van der Waals surface area contributed by atoms with Crippen LogP contribution in [0.4, 0.5) is 0 Å². The molecule has 1 heterocycles. The predicted octanol–water partition coefficient (Wildman–Crippen LogP) is 2.11.